The Balaban J connectivity index is 2.11. The van der Waals surface area contributed by atoms with Crippen molar-refractivity contribution < 1.29 is 22.8 Å². The van der Waals surface area contributed by atoms with Gasteiger partial charge in [-0.05, 0) is 19.1 Å². The number of carboxylic acid groups (broad SMARTS) is 1. The summed E-state index contributed by atoms with van der Waals surface area (Å²) in [7, 11) is -3.78. The van der Waals surface area contributed by atoms with Crippen molar-refractivity contribution in [2.45, 2.75) is 17.7 Å². The molecule has 0 atom stereocenters. The van der Waals surface area contributed by atoms with Crippen LogP contribution in [0.3, 0.4) is 0 Å². The molecule has 0 aromatic carbocycles. The summed E-state index contributed by atoms with van der Waals surface area (Å²) in [5, 5.41) is 12.3. The van der Waals surface area contributed by atoms with Crippen LogP contribution in [-0.2, 0) is 16.6 Å². The maximum absolute atomic E-state index is 11.9. The van der Waals surface area contributed by atoms with Crippen LogP contribution in [0.1, 0.15) is 21.4 Å². The highest BCUT2D eigenvalue weighted by molar-refractivity contribution is 7.91. The lowest BCUT2D eigenvalue weighted by Gasteiger charge is -2.00. The Morgan fingerprint density at radius 1 is 1.53 bits per heavy atom. The highest BCUT2D eigenvalue weighted by Gasteiger charge is 2.19. The van der Waals surface area contributed by atoms with Gasteiger partial charge in [0.1, 0.15) is 9.09 Å². The Kier molecular flexibility index (Phi) is 3.64. The van der Waals surface area contributed by atoms with E-state index in [1.54, 1.807) is 6.92 Å². The quantitative estimate of drug-likeness (QED) is 0.829. The lowest BCUT2D eigenvalue weighted by molar-refractivity contribution is 0.0702. The van der Waals surface area contributed by atoms with Crippen LogP contribution in [0.15, 0.2) is 20.9 Å². The highest BCUT2D eigenvalue weighted by atomic mass is 32.2. The second-order valence-corrected chi connectivity index (χ2v) is 6.56. The molecule has 0 unspecified atom stereocenters. The third kappa shape index (κ3) is 3.16. The first kappa shape index (κ1) is 13.6. The third-order valence-corrected chi connectivity index (χ3v) is 5.01. The number of sulfonamides is 1. The molecule has 19 heavy (non-hydrogen) atoms. The van der Waals surface area contributed by atoms with Gasteiger partial charge >= 0.3 is 5.97 Å². The maximum Gasteiger partial charge on any atom is 0.345 e. The van der Waals surface area contributed by atoms with E-state index in [1.807, 2.05) is 0 Å². The molecule has 2 heterocycles. The van der Waals surface area contributed by atoms with Gasteiger partial charge in [-0.15, -0.1) is 11.3 Å². The zero-order valence-electron chi connectivity index (χ0n) is 9.65. The molecule has 0 radical (unpaired) electrons. The van der Waals surface area contributed by atoms with Crippen LogP contribution in [0.4, 0.5) is 0 Å². The lowest BCUT2D eigenvalue weighted by Crippen LogP contribution is -2.22. The minimum atomic E-state index is -3.78. The molecular formula is C9H9N3O5S2. The minimum Gasteiger partial charge on any atom is -0.477 e. The first-order valence-electron chi connectivity index (χ1n) is 5.00. The van der Waals surface area contributed by atoms with Crippen molar-refractivity contribution in [3.05, 3.63) is 28.7 Å². The fraction of sp³-hybridized carbons (Fsp3) is 0.222. The molecule has 10 heteroatoms. The Hall–Kier alpha value is -1.78. The second-order valence-electron chi connectivity index (χ2n) is 3.48. The summed E-state index contributed by atoms with van der Waals surface area (Å²) < 4.78 is 30.7. The summed E-state index contributed by atoms with van der Waals surface area (Å²) in [6.07, 6.45) is 0. The standard InChI is InChI=1S/C9H9N3O5S2/c1-5-11-7(17-12-5)4-10-19(15,16)8-3-2-6(18-8)9(13)14/h2-3,10H,4H2,1H3,(H,13,14). The van der Waals surface area contributed by atoms with Crippen LogP contribution in [0.25, 0.3) is 0 Å². The Morgan fingerprint density at radius 2 is 2.26 bits per heavy atom. The van der Waals surface area contributed by atoms with Crippen LogP contribution in [0.2, 0.25) is 0 Å². The van der Waals surface area contributed by atoms with E-state index in [4.69, 9.17) is 9.63 Å². The van der Waals surface area contributed by atoms with Crippen molar-refractivity contribution in [1.82, 2.24) is 14.9 Å². The topological polar surface area (TPSA) is 122 Å². The van der Waals surface area contributed by atoms with E-state index < -0.39 is 16.0 Å². The molecule has 8 nitrogen and oxygen atoms in total. The Bertz CT molecular complexity index is 703. The summed E-state index contributed by atoms with van der Waals surface area (Å²) in [6.45, 7) is 1.46. The van der Waals surface area contributed by atoms with Crippen molar-refractivity contribution >= 4 is 27.3 Å². The van der Waals surface area contributed by atoms with Crippen LogP contribution >= 0.6 is 11.3 Å². The largest absolute Gasteiger partial charge is 0.477 e. The smallest absolute Gasteiger partial charge is 0.345 e. The first-order chi connectivity index (χ1) is 8.88. The van der Waals surface area contributed by atoms with Gasteiger partial charge in [0.2, 0.25) is 5.89 Å². The maximum atomic E-state index is 11.9. The molecule has 2 rings (SSSR count). The number of nitrogens with zero attached hydrogens (tertiary/aromatic N) is 2. The Morgan fingerprint density at radius 3 is 2.79 bits per heavy atom. The number of thiophene rings is 1. The lowest BCUT2D eigenvalue weighted by atomic mass is 10.5. The molecule has 0 saturated heterocycles. The van der Waals surface area contributed by atoms with Crippen molar-refractivity contribution in [3.63, 3.8) is 0 Å². The van der Waals surface area contributed by atoms with Gasteiger partial charge in [-0.25, -0.2) is 17.9 Å². The van der Waals surface area contributed by atoms with Crippen LogP contribution < -0.4 is 4.72 Å². The fourth-order valence-corrected chi connectivity index (χ4v) is 3.38. The zero-order valence-corrected chi connectivity index (χ0v) is 11.3. The summed E-state index contributed by atoms with van der Waals surface area (Å²) in [5.74, 6) is -0.631. The van der Waals surface area contributed by atoms with E-state index >= 15 is 0 Å². The van der Waals surface area contributed by atoms with E-state index in [0.717, 1.165) is 0 Å². The number of aromatic nitrogens is 2. The van der Waals surface area contributed by atoms with Gasteiger partial charge in [0.05, 0.1) is 6.54 Å². The number of rotatable bonds is 5. The van der Waals surface area contributed by atoms with Crippen molar-refractivity contribution in [2.75, 3.05) is 0 Å². The van der Waals surface area contributed by atoms with Crippen LogP contribution in [-0.4, -0.2) is 29.6 Å². The molecule has 0 aliphatic heterocycles. The van der Waals surface area contributed by atoms with Crippen molar-refractivity contribution in [2.24, 2.45) is 0 Å². The summed E-state index contributed by atoms with van der Waals surface area (Å²) >= 11 is 0.672. The molecule has 102 valence electrons. The predicted octanol–water partition coefficient (Wildman–Crippen LogP) is 0.616. The van der Waals surface area contributed by atoms with E-state index in [0.29, 0.717) is 17.2 Å². The third-order valence-electron chi connectivity index (χ3n) is 2.04. The van der Waals surface area contributed by atoms with Crippen molar-refractivity contribution in [3.8, 4) is 0 Å². The molecule has 0 fully saturated rings. The van der Waals surface area contributed by atoms with Crippen molar-refractivity contribution in [1.29, 1.82) is 0 Å². The number of nitrogens with one attached hydrogen (secondary N) is 1. The summed E-state index contributed by atoms with van der Waals surface area (Å²) in [4.78, 5) is 14.5. The number of aromatic carboxylic acids is 1. The number of hydrogen-bond acceptors (Lipinski definition) is 7. The molecular weight excluding hydrogens is 294 g/mol. The second kappa shape index (κ2) is 5.07. The normalized spacial score (nSPS) is 11.6. The fourth-order valence-electron chi connectivity index (χ4n) is 1.22. The zero-order chi connectivity index (χ0) is 14.0. The van der Waals surface area contributed by atoms with Gasteiger partial charge in [0.15, 0.2) is 5.82 Å². The highest BCUT2D eigenvalue weighted by Crippen LogP contribution is 2.21. The average molecular weight is 303 g/mol. The van der Waals surface area contributed by atoms with E-state index in [9.17, 15) is 13.2 Å². The van der Waals surface area contributed by atoms with Gasteiger partial charge in [-0.1, -0.05) is 5.16 Å². The number of hydrogen-bond donors (Lipinski definition) is 2. The molecule has 0 saturated carbocycles. The molecule has 0 bridgehead atoms. The molecule has 0 aliphatic rings. The number of carbonyl (C=O) groups is 1. The molecule has 0 aliphatic carbocycles. The van der Waals surface area contributed by atoms with E-state index in [-0.39, 0.29) is 21.5 Å². The number of aryl methyl sites for hydroxylation is 1. The van der Waals surface area contributed by atoms with Crippen LogP contribution in [0.5, 0.6) is 0 Å². The van der Waals surface area contributed by atoms with Gasteiger partial charge in [0, 0.05) is 0 Å². The monoisotopic (exact) mass is 303 g/mol. The molecule has 2 N–H and O–H groups in total. The molecule has 2 aromatic rings. The minimum absolute atomic E-state index is 0.0472. The SMILES string of the molecule is Cc1noc(CNS(=O)(=O)c2ccc(C(=O)O)s2)n1. The first-order valence-corrected chi connectivity index (χ1v) is 7.30. The predicted molar refractivity (Wildman–Crippen MR) is 64.3 cm³/mol. The van der Waals surface area contributed by atoms with Gasteiger partial charge in [0.25, 0.3) is 10.0 Å². The molecule has 0 amide bonds. The summed E-state index contributed by atoms with van der Waals surface area (Å²) in [6, 6.07) is 2.47. The average Bonchev–Trinajstić information content (AvgIpc) is 2.95. The van der Waals surface area contributed by atoms with E-state index in [2.05, 4.69) is 14.9 Å². The van der Waals surface area contributed by atoms with Gasteiger partial charge < -0.3 is 9.63 Å². The van der Waals surface area contributed by atoms with E-state index in [1.165, 1.54) is 12.1 Å². The van der Waals surface area contributed by atoms with Crippen LogP contribution in [0, 0.1) is 6.92 Å². The Labute approximate surface area is 112 Å². The molecule has 2 aromatic heterocycles. The molecule has 0 spiro atoms. The van der Waals surface area contributed by atoms with Gasteiger partial charge in [-0.2, -0.15) is 4.98 Å². The number of carboxylic acids is 1. The summed E-state index contributed by atoms with van der Waals surface area (Å²) in [5.41, 5.74) is 0. The van der Waals surface area contributed by atoms with Gasteiger partial charge in [-0.3, -0.25) is 0 Å².